The van der Waals surface area contributed by atoms with Crippen LogP contribution in [0.4, 0.5) is 0 Å². The molecule has 2 aromatic heterocycles. The maximum atomic E-state index is 11.2. The Morgan fingerprint density at radius 1 is 1.40 bits per heavy atom. The van der Waals surface area contributed by atoms with Gasteiger partial charge in [0, 0.05) is 16.9 Å². The van der Waals surface area contributed by atoms with Crippen LogP contribution in [0.25, 0.3) is 11.0 Å². The van der Waals surface area contributed by atoms with Gasteiger partial charge in [0.1, 0.15) is 21.5 Å². The molecule has 0 atom stereocenters. The van der Waals surface area contributed by atoms with Gasteiger partial charge in [-0.15, -0.1) is 0 Å². The second-order valence-corrected chi connectivity index (χ2v) is 5.77. The molecule has 2 heterocycles. The van der Waals surface area contributed by atoms with E-state index in [1.165, 1.54) is 6.20 Å². The Labute approximate surface area is 94.9 Å². The zero-order valence-corrected chi connectivity index (χ0v) is 9.78. The molecular weight excluding hydrogens is 261 g/mol. The fourth-order valence-electron chi connectivity index (χ4n) is 1.26. The van der Waals surface area contributed by atoms with Crippen LogP contribution in [0.5, 0.6) is 0 Å². The van der Waals surface area contributed by atoms with E-state index in [2.05, 4.69) is 15.0 Å². The molecule has 5 nitrogen and oxygen atoms in total. The number of nitrogens with zero attached hydrogens (tertiary/aromatic N) is 2. The first-order chi connectivity index (χ1) is 6.89. The lowest BCUT2D eigenvalue weighted by molar-refractivity contribution is 0.610. The van der Waals surface area contributed by atoms with Crippen LogP contribution in [0.1, 0.15) is 5.82 Å². The summed E-state index contributed by atoms with van der Waals surface area (Å²) < 4.78 is 22.4. The van der Waals surface area contributed by atoms with Gasteiger partial charge >= 0.3 is 0 Å². The molecule has 0 bridgehead atoms. The Morgan fingerprint density at radius 3 is 2.67 bits per heavy atom. The SMILES string of the molecule is Cc1nc(Cl)c2c(S(=O)(=O)Cl)c[nH]c2n1. The van der Waals surface area contributed by atoms with E-state index in [1.54, 1.807) is 6.92 Å². The zero-order valence-electron chi connectivity index (χ0n) is 7.45. The summed E-state index contributed by atoms with van der Waals surface area (Å²) in [5.41, 5.74) is 0.353. The highest BCUT2D eigenvalue weighted by atomic mass is 35.7. The molecule has 0 saturated carbocycles. The molecule has 0 aliphatic heterocycles. The maximum Gasteiger partial charge on any atom is 0.263 e. The summed E-state index contributed by atoms with van der Waals surface area (Å²) in [4.78, 5) is 10.4. The topological polar surface area (TPSA) is 75.7 Å². The van der Waals surface area contributed by atoms with Gasteiger partial charge in [-0.25, -0.2) is 18.4 Å². The van der Waals surface area contributed by atoms with Crippen molar-refractivity contribution in [2.24, 2.45) is 0 Å². The van der Waals surface area contributed by atoms with Crippen molar-refractivity contribution in [2.45, 2.75) is 11.8 Å². The Morgan fingerprint density at radius 2 is 2.07 bits per heavy atom. The van der Waals surface area contributed by atoms with Crippen LogP contribution >= 0.6 is 22.3 Å². The summed E-state index contributed by atoms with van der Waals surface area (Å²) in [5, 5.41) is 0.287. The van der Waals surface area contributed by atoms with Gasteiger partial charge in [-0.3, -0.25) is 0 Å². The Kier molecular flexibility index (Phi) is 2.37. The molecule has 0 aromatic carbocycles. The fourth-order valence-corrected chi connectivity index (χ4v) is 2.63. The first kappa shape index (κ1) is 10.7. The summed E-state index contributed by atoms with van der Waals surface area (Å²) in [6.45, 7) is 1.65. The van der Waals surface area contributed by atoms with Crippen molar-refractivity contribution < 1.29 is 8.42 Å². The minimum absolute atomic E-state index is 0.0676. The molecule has 2 rings (SSSR count). The third-order valence-electron chi connectivity index (χ3n) is 1.83. The van der Waals surface area contributed by atoms with Crippen LogP contribution in [0.3, 0.4) is 0 Å². The predicted octanol–water partition coefficient (Wildman–Crippen LogP) is 1.85. The van der Waals surface area contributed by atoms with Crippen molar-refractivity contribution in [1.82, 2.24) is 15.0 Å². The molecule has 0 saturated heterocycles. The fraction of sp³-hybridized carbons (Fsp3) is 0.143. The zero-order chi connectivity index (χ0) is 11.2. The number of aryl methyl sites for hydroxylation is 1. The average molecular weight is 266 g/mol. The van der Waals surface area contributed by atoms with E-state index in [9.17, 15) is 8.42 Å². The molecule has 0 radical (unpaired) electrons. The summed E-state index contributed by atoms with van der Waals surface area (Å²) in [7, 11) is 1.38. The normalized spacial score (nSPS) is 12.2. The van der Waals surface area contributed by atoms with Crippen molar-refractivity contribution in [3.63, 3.8) is 0 Å². The maximum absolute atomic E-state index is 11.2. The van der Waals surface area contributed by atoms with Gasteiger partial charge in [0.25, 0.3) is 9.05 Å². The number of nitrogens with one attached hydrogen (secondary N) is 1. The Balaban J connectivity index is 2.93. The number of hydrogen-bond acceptors (Lipinski definition) is 4. The number of rotatable bonds is 1. The van der Waals surface area contributed by atoms with Crippen molar-refractivity contribution >= 4 is 42.4 Å². The summed E-state index contributed by atoms with van der Waals surface area (Å²) in [6.07, 6.45) is 1.24. The van der Waals surface area contributed by atoms with Crippen molar-refractivity contribution in [1.29, 1.82) is 0 Å². The van der Waals surface area contributed by atoms with Crippen molar-refractivity contribution in [3.8, 4) is 0 Å². The summed E-state index contributed by atoms with van der Waals surface area (Å²) in [6, 6.07) is 0. The molecule has 0 aliphatic carbocycles. The molecule has 0 fully saturated rings. The predicted molar refractivity (Wildman–Crippen MR) is 56.7 cm³/mol. The molecule has 1 N–H and O–H groups in total. The summed E-state index contributed by atoms with van der Waals surface area (Å²) in [5.74, 6) is 0.452. The van der Waals surface area contributed by atoms with E-state index in [0.29, 0.717) is 11.5 Å². The van der Waals surface area contributed by atoms with Gasteiger partial charge in [-0.2, -0.15) is 0 Å². The standard InChI is InChI=1S/C7H5Cl2N3O2S/c1-3-11-6(8)5-4(15(9,13)14)2-10-7(5)12-3/h2H,1H3,(H,10,11,12). The van der Waals surface area contributed by atoms with Gasteiger partial charge in [-0.1, -0.05) is 11.6 Å². The number of aromatic amines is 1. The van der Waals surface area contributed by atoms with Gasteiger partial charge in [0.05, 0.1) is 5.39 Å². The third-order valence-corrected chi connectivity index (χ3v) is 3.45. The average Bonchev–Trinajstić information content (AvgIpc) is 2.45. The second-order valence-electron chi connectivity index (χ2n) is 2.88. The van der Waals surface area contributed by atoms with E-state index in [-0.39, 0.29) is 15.4 Å². The minimum atomic E-state index is -3.84. The quantitative estimate of drug-likeness (QED) is 0.631. The molecular formula is C7H5Cl2N3O2S. The van der Waals surface area contributed by atoms with Crippen molar-refractivity contribution in [2.75, 3.05) is 0 Å². The third kappa shape index (κ3) is 1.80. The first-order valence-electron chi connectivity index (χ1n) is 3.85. The highest BCUT2D eigenvalue weighted by Crippen LogP contribution is 2.29. The lowest BCUT2D eigenvalue weighted by atomic mass is 10.4. The van der Waals surface area contributed by atoms with E-state index in [0.717, 1.165) is 0 Å². The number of fused-ring (bicyclic) bond motifs is 1. The molecule has 0 spiro atoms. The van der Waals surface area contributed by atoms with Gasteiger partial charge in [0.2, 0.25) is 0 Å². The minimum Gasteiger partial charge on any atom is -0.345 e. The van der Waals surface area contributed by atoms with Gasteiger partial charge < -0.3 is 4.98 Å². The largest absolute Gasteiger partial charge is 0.345 e. The van der Waals surface area contributed by atoms with E-state index >= 15 is 0 Å². The van der Waals surface area contributed by atoms with E-state index < -0.39 is 9.05 Å². The molecule has 0 amide bonds. The second kappa shape index (κ2) is 3.33. The van der Waals surface area contributed by atoms with E-state index in [4.69, 9.17) is 22.3 Å². The highest BCUT2D eigenvalue weighted by molar-refractivity contribution is 8.14. The van der Waals surface area contributed by atoms with Crippen LogP contribution < -0.4 is 0 Å². The Bertz CT molecular complexity index is 635. The van der Waals surface area contributed by atoms with Crippen LogP contribution in [0.2, 0.25) is 5.15 Å². The molecule has 0 unspecified atom stereocenters. The van der Waals surface area contributed by atoms with Crippen molar-refractivity contribution in [3.05, 3.63) is 17.2 Å². The van der Waals surface area contributed by atoms with Crippen LogP contribution in [0.15, 0.2) is 11.1 Å². The first-order valence-corrected chi connectivity index (χ1v) is 6.54. The molecule has 15 heavy (non-hydrogen) atoms. The summed E-state index contributed by atoms with van der Waals surface area (Å²) >= 11 is 5.82. The lowest BCUT2D eigenvalue weighted by Gasteiger charge is -1.97. The van der Waals surface area contributed by atoms with Gasteiger partial charge in [0.15, 0.2) is 0 Å². The number of halogens is 2. The lowest BCUT2D eigenvalue weighted by Crippen LogP contribution is -1.92. The van der Waals surface area contributed by atoms with Gasteiger partial charge in [-0.05, 0) is 6.92 Å². The van der Waals surface area contributed by atoms with Crippen LogP contribution in [-0.2, 0) is 9.05 Å². The smallest absolute Gasteiger partial charge is 0.263 e. The molecule has 2 aromatic rings. The molecule has 0 aliphatic rings. The molecule has 80 valence electrons. The Hall–Kier alpha value is -0.850. The van der Waals surface area contributed by atoms with Crippen LogP contribution in [0, 0.1) is 6.92 Å². The number of H-pyrrole nitrogens is 1. The number of aromatic nitrogens is 3. The van der Waals surface area contributed by atoms with Crippen LogP contribution in [-0.4, -0.2) is 23.4 Å². The highest BCUT2D eigenvalue weighted by Gasteiger charge is 2.20. The number of hydrogen-bond donors (Lipinski definition) is 1. The molecule has 8 heteroatoms. The monoisotopic (exact) mass is 265 g/mol. The van der Waals surface area contributed by atoms with E-state index in [1.807, 2.05) is 0 Å².